The highest BCUT2D eigenvalue weighted by molar-refractivity contribution is 5.87. The summed E-state index contributed by atoms with van der Waals surface area (Å²) in [5, 5.41) is 13.5. The van der Waals surface area contributed by atoms with Crippen LogP contribution in [0.15, 0.2) is 18.3 Å². The lowest BCUT2D eigenvalue weighted by Gasteiger charge is -2.15. The van der Waals surface area contributed by atoms with Crippen LogP contribution in [0.4, 0.5) is 0 Å². The summed E-state index contributed by atoms with van der Waals surface area (Å²) < 4.78 is 3.56. The number of carbonyl (C=O) groups is 1. The minimum absolute atomic E-state index is 0.0840. The van der Waals surface area contributed by atoms with Crippen LogP contribution in [0.25, 0.3) is 11.3 Å². The van der Waals surface area contributed by atoms with Gasteiger partial charge in [0.1, 0.15) is 5.69 Å². The predicted molar refractivity (Wildman–Crippen MR) is 68.7 cm³/mol. The molecule has 0 fully saturated rings. The highest BCUT2D eigenvalue weighted by Crippen LogP contribution is 2.28. The lowest BCUT2D eigenvalue weighted by Crippen LogP contribution is -2.11. The Labute approximate surface area is 106 Å². The van der Waals surface area contributed by atoms with Crippen LogP contribution in [0.1, 0.15) is 36.1 Å². The molecule has 0 saturated heterocycles. The van der Waals surface area contributed by atoms with Gasteiger partial charge in [-0.1, -0.05) is 0 Å². The van der Waals surface area contributed by atoms with E-state index in [1.54, 1.807) is 10.7 Å². The first kappa shape index (κ1) is 12.4. The van der Waals surface area contributed by atoms with Crippen molar-refractivity contribution in [2.75, 3.05) is 0 Å². The van der Waals surface area contributed by atoms with E-state index in [9.17, 15) is 9.90 Å². The molecule has 0 unspecified atom stereocenters. The van der Waals surface area contributed by atoms with E-state index in [1.807, 2.05) is 44.6 Å². The number of aromatic carboxylic acids is 1. The Kier molecular flexibility index (Phi) is 2.98. The number of aromatic nitrogens is 3. The van der Waals surface area contributed by atoms with Gasteiger partial charge in [0.15, 0.2) is 0 Å². The average molecular weight is 247 g/mol. The summed E-state index contributed by atoms with van der Waals surface area (Å²) in [6, 6.07) is 3.57. The Morgan fingerprint density at radius 2 is 2.06 bits per heavy atom. The molecule has 2 heterocycles. The first-order chi connectivity index (χ1) is 8.41. The summed E-state index contributed by atoms with van der Waals surface area (Å²) in [4.78, 5) is 11.2. The second-order valence-corrected chi connectivity index (χ2v) is 4.67. The van der Waals surface area contributed by atoms with Crippen molar-refractivity contribution in [2.24, 2.45) is 7.05 Å². The van der Waals surface area contributed by atoms with Crippen LogP contribution in [-0.4, -0.2) is 25.4 Å². The highest BCUT2D eigenvalue weighted by atomic mass is 16.4. The van der Waals surface area contributed by atoms with Gasteiger partial charge in [0, 0.05) is 24.8 Å². The fraction of sp³-hybridized carbons (Fsp3) is 0.385. The van der Waals surface area contributed by atoms with Gasteiger partial charge in [-0.25, -0.2) is 4.79 Å². The van der Waals surface area contributed by atoms with Crippen molar-refractivity contribution in [3.8, 4) is 11.3 Å². The molecule has 0 spiro atoms. The zero-order valence-electron chi connectivity index (χ0n) is 11.0. The maximum Gasteiger partial charge on any atom is 0.352 e. The second-order valence-electron chi connectivity index (χ2n) is 4.67. The van der Waals surface area contributed by atoms with Gasteiger partial charge in [0.05, 0.1) is 11.4 Å². The fourth-order valence-electron chi connectivity index (χ4n) is 2.25. The normalized spacial score (nSPS) is 11.2. The van der Waals surface area contributed by atoms with Crippen molar-refractivity contribution in [1.82, 2.24) is 14.3 Å². The van der Waals surface area contributed by atoms with Gasteiger partial charge in [-0.2, -0.15) is 5.10 Å². The molecule has 2 rings (SSSR count). The van der Waals surface area contributed by atoms with Crippen molar-refractivity contribution in [1.29, 1.82) is 0 Å². The third-order valence-electron chi connectivity index (χ3n) is 2.94. The molecule has 0 radical (unpaired) electrons. The lowest BCUT2D eigenvalue weighted by molar-refractivity contribution is 0.0683. The SMILES string of the molecule is Cc1nn(C)cc1-c1ccc(C(=O)O)n1C(C)C. The molecule has 5 nitrogen and oxygen atoms in total. The molecule has 2 aromatic heterocycles. The summed E-state index contributed by atoms with van der Waals surface area (Å²) in [5.41, 5.74) is 3.07. The summed E-state index contributed by atoms with van der Waals surface area (Å²) in [6.07, 6.45) is 1.91. The largest absolute Gasteiger partial charge is 0.477 e. The van der Waals surface area contributed by atoms with Crippen molar-refractivity contribution >= 4 is 5.97 Å². The van der Waals surface area contributed by atoms with Crippen molar-refractivity contribution < 1.29 is 9.90 Å². The standard InChI is InChI=1S/C13H17N3O2/c1-8(2)16-11(5-6-12(16)13(17)18)10-7-15(4)14-9(10)3/h5-8H,1-4H3,(H,17,18). The maximum atomic E-state index is 11.2. The molecular formula is C13H17N3O2. The van der Waals surface area contributed by atoms with Gasteiger partial charge in [0.25, 0.3) is 0 Å². The molecule has 2 aromatic rings. The van der Waals surface area contributed by atoms with Gasteiger partial charge in [-0.15, -0.1) is 0 Å². The Bertz CT molecular complexity index is 593. The zero-order chi connectivity index (χ0) is 13.4. The molecule has 0 atom stereocenters. The van der Waals surface area contributed by atoms with Crippen LogP contribution >= 0.6 is 0 Å². The van der Waals surface area contributed by atoms with E-state index in [-0.39, 0.29) is 6.04 Å². The van der Waals surface area contributed by atoms with E-state index < -0.39 is 5.97 Å². The minimum atomic E-state index is -0.906. The molecule has 0 bridgehead atoms. The van der Waals surface area contributed by atoms with Gasteiger partial charge >= 0.3 is 5.97 Å². The van der Waals surface area contributed by atoms with Crippen LogP contribution in [0.5, 0.6) is 0 Å². The maximum absolute atomic E-state index is 11.2. The average Bonchev–Trinajstić information content (AvgIpc) is 2.81. The molecule has 0 saturated carbocycles. The second kappa shape index (κ2) is 4.33. The quantitative estimate of drug-likeness (QED) is 0.906. The van der Waals surface area contributed by atoms with E-state index in [1.165, 1.54) is 0 Å². The topological polar surface area (TPSA) is 60.1 Å². The summed E-state index contributed by atoms with van der Waals surface area (Å²) in [6.45, 7) is 5.87. The number of aryl methyl sites for hydroxylation is 2. The van der Waals surface area contributed by atoms with Crippen LogP contribution in [0.3, 0.4) is 0 Å². The number of hydrogen-bond acceptors (Lipinski definition) is 2. The van der Waals surface area contributed by atoms with Gasteiger partial charge in [-0.05, 0) is 32.9 Å². The Morgan fingerprint density at radius 1 is 1.39 bits per heavy atom. The minimum Gasteiger partial charge on any atom is -0.477 e. The fourth-order valence-corrected chi connectivity index (χ4v) is 2.25. The Morgan fingerprint density at radius 3 is 2.50 bits per heavy atom. The molecule has 1 N–H and O–H groups in total. The first-order valence-corrected chi connectivity index (χ1v) is 5.87. The third-order valence-corrected chi connectivity index (χ3v) is 2.94. The molecule has 18 heavy (non-hydrogen) atoms. The van der Waals surface area contributed by atoms with Crippen molar-refractivity contribution in [3.05, 3.63) is 29.7 Å². The Hall–Kier alpha value is -2.04. The molecule has 0 aliphatic heterocycles. The monoisotopic (exact) mass is 247 g/mol. The molecule has 0 aromatic carbocycles. The Balaban J connectivity index is 2.65. The van der Waals surface area contributed by atoms with E-state index in [0.29, 0.717) is 5.69 Å². The third kappa shape index (κ3) is 1.92. The molecule has 0 aliphatic rings. The number of carboxylic acid groups (broad SMARTS) is 1. The number of carboxylic acids is 1. The van der Waals surface area contributed by atoms with Crippen LogP contribution < -0.4 is 0 Å². The zero-order valence-corrected chi connectivity index (χ0v) is 11.0. The molecule has 5 heteroatoms. The van der Waals surface area contributed by atoms with Gasteiger partial charge in [-0.3, -0.25) is 4.68 Å². The van der Waals surface area contributed by atoms with Crippen molar-refractivity contribution in [3.63, 3.8) is 0 Å². The number of hydrogen-bond donors (Lipinski definition) is 1. The van der Waals surface area contributed by atoms with Crippen LogP contribution in [0, 0.1) is 6.92 Å². The van der Waals surface area contributed by atoms with E-state index in [4.69, 9.17) is 0 Å². The van der Waals surface area contributed by atoms with E-state index in [0.717, 1.165) is 17.0 Å². The smallest absolute Gasteiger partial charge is 0.352 e. The van der Waals surface area contributed by atoms with Crippen LogP contribution in [-0.2, 0) is 7.05 Å². The van der Waals surface area contributed by atoms with E-state index >= 15 is 0 Å². The molecular weight excluding hydrogens is 230 g/mol. The molecule has 0 amide bonds. The summed E-state index contributed by atoms with van der Waals surface area (Å²) in [7, 11) is 1.86. The van der Waals surface area contributed by atoms with Crippen LogP contribution in [0.2, 0.25) is 0 Å². The molecule has 96 valence electrons. The number of nitrogens with zero attached hydrogens (tertiary/aromatic N) is 3. The van der Waals surface area contributed by atoms with Gasteiger partial charge < -0.3 is 9.67 Å². The lowest BCUT2D eigenvalue weighted by atomic mass is 10.2. The summed E-state index contributed by atoms with van der Waals surface area (Å²) >= 11 is 0. The first-order valence-electron chi connectivity index (χ1n) is 5.87. The summed E-state index contributed by atoms with van der Waals surface area (Å²) in [5.74, 6) is -0.906. The van der Waals surface area contributed by atoms with Crippen molar-refractivity contribution in [2.45, 2.75) is 26.8 Å². The highest BCUT2D eigenvalue weighted by Gasteiger charge is 2.19. The van der Waals surface area contributed by atoms with Gasteiger partial charge in [0.2, 0.25) is 0 Å². The number of rotatable bonds is 3. The van der Waals surface area contributed by atoms with E-state index in [2.05, 4.69) is 5.10 Å². The predicted octanol–water partition coefficient (Wildman–Crippen LogP) is 2.48. The molecule has 0 aliphatic carbocycles.